The molecule has 3 heterocycles. The molecule has 0 aliphatic carbocycles. The van der Waals surface area contributed by atoms with E-state index in [2.05, 4.69) is 26.4 Å². The standard InChI is InChI=1S/C15H15Cl2N5/c1-2-13-19-20-15-14(21-5-3-4-6-21)18-11-7-9(16)10(17)8-12(11)22(13)15/h7-8H,2-6H2,1H3. The van der Waals surface area contributed by atoms with Crippen LogP contribution < -0.4 is 4.90 Å². The van der Waals surface area contributed by atoms with Crippen LogP contribution >= 0.6 is 23.2 Å². The van der Waals surface area contributed by atoms with E-state index < -0.39 is 0 Å². The quantitative estimate of drug-likeness (QED) is 0.715. The van der Waals surface area contributed by atoms with Gasteiger partial charge >= 0.3 is 0 Å². The van der Waals surface area contributed by atoms with E-state index in [9.17, 15) is 0 Å². The van der Waals surface area contributed by atoms with Crippen LogP contribution in [0.2, 0.25) is 10.0 Å². The highest BCUT2D eigenvalue weighted by atomic mass is 35.5. The highest BCUT2D eigenvalue weighted by Gasteiger charge is 2.21. The van der Waals surface area contributed by atoms with Gasteiger partial charge in [-0.25, -0.2) is 4.98 Å². The average Bonchev–Trinajstić information content (AvgIpc) is 3.17. The summed E-state index contributed by atoms with van der Waals surface area (Å²) in [4.78, 5) is 7.06. The molecule has 0 N–H and O–H groups in total. The summed E-state index contributed by atoms with van der Waals surface area (Å²) in [5, 5.41) is 9.72. The molecule has 2 aromatic heterocycles. The summed E-state index contributed by atoms with van der Waals surface area (Å²) in [7, 11) is 0. The molecule has 1 saturated heterocycles. The van der Waals surface area contributed by atoms with Gasteiger partial charge in [-0.15, -0.1) is 10.2 Å². The Morgan fingerprint density at radius 1 is 1.09 bits per heavy atom. The molecule has 0 radical (unpaired) electrons. The van der Waals surface area contributed by atoms with Gasteiger partial charge in [0.25, 0.3) is 0 Å². The number of anilines is 1. The molecule has 0 amide bonds. The Hall–Kier alpha value is -1.59. The van der Waals surface area contributed by atoms with Gasteiger partial charge in [-0.1, -0.05) is 30.1 Å². The Kier molecular flexibility index (Phi) is 3.35. The van der Waals surface area contributed by atoms with Crippen molar-refractivity contribution in [2.45, 2.75) is 26.2 Å². The SMILES string of the molecule is CCc1nnc2c(N3CCCC3)nc3cc(Cl)c(Cl)cc3n12. The normalized spacial score (nSPS) is 15.3. The van der Waals surface area contributed by atoms with Crippen LogP contribution in [0.5, 0.6) is 0 Å². The molecule has 7 heteroatoms. The van der Waals surface area contributed by atoms with Gasteiger partial charge in [-0.2, -0.15) is 0 Å². The second-order valence-corrected chi connectivity index (χ2v) is 6.33. The first-order valence-corrected chi connectivity index (χ1v) is 8.22. The maximum absolute atomic E-state index is 6.19. The van der Waals surface area contributed by atoms with Crippen molar-refractivity contribution in [2.24, 2.45) is 0 Å². The van der Waals surface area contributed by atoms with Crippen molar-refractivity contribution in [3.05, 3.63) is 28.0 Å². The Labute approximate surface area is 137 Å². The van der Waals surface area contributed by atoms with E-state index >= 15 is 0 Å². The third kappa shape index (κ3) is 2.03. The first kappa shape index (κ1) is 14.0. The largest absolute Gasteiger partial charge is 0.353 e. The summed E-state index contributed by atoms with van der Waals surface area (Å²) in [6.07, 6.45) is 3.16. The van der Waals surface area contributed by atoms with Crippen molar-refractivity contribution < 1.29 is 0 Å². The van der Waals surface area contributed by atoms with Crippen LogP contribution in [0.25, 0.3) is 16.7 Å². The van der Waals surface area contributed by atoms with Gasteiger partial charge in [0.1, 0.15) is 5.82 Å². The molecule has 1 aliphatic rings. The number of fused-ring (bicyclic) bond motifs is 3. The Balaban J connectivity index is 2.11. The lowest BCUT2D eigenvalue weighted by molar-refractivity contribution is 0.917. The van der Waals surface area contributed by atoms with E-state index in [0.29, 0.717) is 10.0 Å². The number of aryl methyl sites for hydroxylation is 1. The van der Waals surface area contributed by atoms with E-state index in [1.165, 1.54) is 12.8 Å². The van der Waals surface area contributed by atoms with E-state index in [1.54, 1.807) is 0 Å². The highest BCUT2D eigenvalue weighted by Crippen LogP contribution is 2.31. The first-order chi connectivity index (χ1) is 10.7. The molecule has 1 aromatic carbocycles. The molecule has 0 saturated carbocycles. The molecule has 1 aliphatic heterocycles. The molecule has 1 fully saturated rings. The summed E-state index contributed by atoms with van der Waals surface area (Å²) in [6, 6.07) is 3.66. The monoisotopic (exact) mass is 335 g/mol. The van der Waals surface area contributed by atoms with E-state index in [1.807, 2.05) is 12.1 Å². The van der Waals surface area contributed by atoms with E-state index in [4.69, 9.17) is 28.2 Å². The number of benzene rings is 1. The summed E-state index contributed by atoms with van der Waals surface area (Å²) < 4.78 is 2.05. The van der Waals surface area contributed by atoms with Gasteiger partial charge in [0.05, 0.1) is 21.1 Å². The molecule has 0 bridgehead atoms. The Bertz CT molecular complexity index is 867. The molecule has 4 rings (SSSR count). The van der Waals surface area contributed by atoms with Crippen LogP contribution in [0.3, 0.4) is 0 Å². The molecule has 0 atom stereocenters. The molecule has 114 valence electrons. The smallest absolute Gasteiger partial charge is 0.204 e. The molecule has 0 spiro atoms. The third-order valence-corrected chi connectivity index (χ3v) is 4.86. The van der Waals surface area contributed by atoms with Gasteiger partial charge in [0.2, 0.25) is 5.65 Å². The fraction of sp³-hybridized carbons (Fsp3) is 0.400. The summed E-state index contributed by atoms with van der Waals surface area (Å²) in [5.41, 5.74) is 2.51. The predicted molar refractivity (Wildman–Crippen MR) is 89.1 cm³/mol. The minimum Gasteiger partial charge on any atom is -0.353 e. The second-order valence-electron chi connectivity index (χ2n) is 5.51. The van der Waals surface area contributed by atoms with Crippen LogP contribution in [0.15, 0.2) is 12.1 Å². The minimum absolute atomic E-state index is 0.513. The first-order valence-electron chi connectivity index (χ1n) is 7.46. The number of hydrogen-bond acceptors (Lipinski definition) is 4. The molecular weight excluding hydrogens is 321 g/mol. The average molecular weight is 336 g/mol. The van der Waals surface area contributed by atoms with Crippen molar-refractivity contribution in [3.63, 3.8) is 0 Å². The van der Waals surface area contributed by atoms with Crippen LogP contribution in [0.1, 0.15) is 25.6 Å². The zero-order valence-corrected chi connectivity index (χ0v) is 13.7. The van der Waals surface area contributed by atoms with Gasteiger partial charge in [-0.05, 0) is 25.0 Å². The van der Waals surface area contributed by atoms with E-state index in [0.717, 1.165) is 47.8 Å². The number of rotatable bonds is 2. The fourth-order valence-corrected chi connectivity index (χ4v) is 3.36. The van der Waals surface area contributed by atoms with Crippen molar-refractivity contribution in [3.8, 4) is 0 Å². The van der Waals surface area contributed by atoms with Crippen LogP contribution in [0.4, 0.5) is 5.82 Å². The molecular formula is C15H15Cl2N5. The van der Waals surface area contributed by atoms with Crippen molar-refractivity contribution in [1.29, 1.82) is 0 Å². The van der Waals surface area contributed by atoms with E-state index in [-0.39, 0.29) is 0 Å². The van der Waals surface area contributed by atoms with Crippen LogP contribution in [0, 0.1) is 0 Å². The summed E-state index contributed by atoms with van der Waals surface area (Å²) >= 11 is 12.4. The second kappa shape index (κ2) is 5.25. The number of aromatic nitrogens is 4. The Morgan fingerprint density at radius 3 is 2.55 bits per heavy atom. The van der Waals surface area contributed by atoms with Crippen molar-refractivity contribution in [2.75, 3.05) is 18.0 Å². The number of hydrogen-bond donors (Lipinski definition) is 0. The maximum Gasteiger partial charge on any atom is 0.204 e. The third-order valence-electron chi connectivity index (χ3n) is 4.14. The lowest BCUT2D eigenvalue weighted by atomic mass is 10.3. The minimum atomic E-state index is 0.513. The predicted octanol–water partition coefficient (Wildman–Crippen LogP) is 3.75. The molecule has 3 aromatic rings. The molecule has 22 heavy (non-hydrogen) atoms. The summed E-state index contributed by atoms with van der Waals surface area (Å²) in [6.45, 7) is 4.07. The lowest BCUT2D eigenvalue weighted by Gasteiger charge is -2.18. The zero-order chi connectivity index (χ0) is 15.3. The van der Waals surface area contributed by atoms with Crippen LogP contribution in [-0.4, -0.2) is 32.7 Å². The number of halogens is 2. The fourth-order valence-electron chi connectivity index (χ4n) is 3.04. The zero-order valence-electron chi connectivity index (χ0n) is 12.2. The van der Waals surface area contributed by atoms with Gasteiger partial charge in [0.15, 0.2) is 5.82 Å². The summed E-state index contributed by atoms with van der Waals surface area (Å²) in [5.74, 6) is 1.79. The maximum atomic E-state index is 6.19. The Morgan fingerprint density at radius 2 is 1.82 bits per heavy atom. The van der Waals surface area contributed by atoms with Crippen molar-refractivity contribution >= 4 is 45.7 Å². The molecule has 5 nitrogen and oxygen atoms in total. The van der Waals surface area contributed by atoms with Crippen molar-refractivity contribution in [1.82, 2.24) is 19.6 Å². The van der Waals surface area contributed by atoms with Gasteiger partial charge in [0, 0.05) is 19.5 Å². The van der Waals surface area contributed by atoms with Gasteiger partial charge in [-0.3, -0.25) is 4.40 Å². The number of nitrogens with zero attached hydrogens (tertiary/aromatic N) is 5. The lowest BCUT2D eigenvalue weighted by Crippen LogP contribution is -2.20. The topological polar surface area (TPSA) is 46.3 Å². The highest BCUT2D eigenvalue weighted by molar-refractivity contribution is 6.42. The molecule has 0 unspecified atom stereocenters. The van der Waals surface area contributed by atoms with Crippen LogP contribution in [-0.2, 0) is 6.42 Å². The van der Waals surface area contributed by atoms with Gasteiger partial charge < -0.3 is 4.90 Å².